The number of aromatic hydroxyl groups is 1. The third kappa shape index (κ3) is 8.52. The van der Waals surface area contributed by atoms with Crippen LogP contribution in [-0.4, -0.2) is 50.3 Å². The number of piperazine rings is 1. The molecule has 1 aliphatic carbocycles. The molecule has 1 saturated heterocycles. The van der Waals surface area contributed by atoms with Crippen molar-refractivity contribution in [2.75, 3.05) is 37.6 Å². The Kier molecular flexibility index (Phi) is 10.4. The maximum Gasteiger partial charge on any atom is 0.207 e. The highest BCUT2D eigenvalue weighted by atomic mass is 35.5. The normalized spacial score (nSPS) is 20.9. The Balaban J connectivity index is 1.42. The first-order chi connectivity index (χ1) is 18.7. The van der Waals surface area contributed by atoms with Crippen LogP contribution >= 0.6 is 11.6 Å². The van der Waals surface area contributed by atoms with E-state index in [9.17, 15) is 9.90 Å². The first kappa shape index (κ1) is 29.5. The minimum absolute atomic E-state index is 0.0775. The lowest BCUT2D eigenvalue weighted by Gasteiger charge is -2.37. The highest BCUT2D eigenvalue weighted by Crippen LogP contribution is 2.45. The number of benzene rings is 2. The molecule has 1 heterocycles. The van der Waals surface area contributed by atoms with Crippen LogP contribution in [0.2, 0.25) is 5.02 Å². The molecule has 1 amide bonds. The molecular weight excluding hydrogens is 510 g/mol. The molecule has 214 valence electrons. The van der Waals surface area contributed by atoms with Gasteiger partial charge in [0, 0.05) is 55.9 Å². The quantitative estimate of drug-likeness (QED) is 0.224. The van der Waals surface area contributed by atoms with Crippen LogP contribution in [0.1, 0.15) is 76.3 Å². The molecule has 2 aromatic carbocycles. The van der Waals surface area contributed by atoms with Crippen LogP contribution in [0.25, 0.3) is 0 Å². The van der Waals surface area contributed by atoms with E-state index in [4.69, 9.17) is 16.3 Å². The summed E-state index contributed by atoms with van der Waals surface area (Å²) in [5.74, 6) is 2.34. The van der Waals surface area contributed by atoms with Crippen molar-refractivity contribution in [2.45, 2.75) is 77.7 Å². The summed E-state index contributed by atoms with van der Waals surface area (Å²) >= 11 is 6.49. The van der Waals surface area contributed by atoms with Crippen molar-refractivity contribution >= 4 is 23.7 Å². The summed E-state index contributed by atoms with van der Waals surface area (Å²) in [4.78, 5) is 13.2. The second-order valence-corrected chi connectivity index (χ2v) is 12.8. The summed E-state index contributed by atoms with van der Waals surface area (Å²) in [7, 11) is 0. The van der Waals surface area contributed by atoms with Gasteiger partial charge in [-0.2, -0.15) is 0 Å². The number of carbonyl (C=O) groups excluding carboxylic acids is 1. The summed E-state index contributed by atoms with van der Waals surface area (Å²) in [6.07, 6.45) is 7.69. The largest absolute Gasteiger partial charge is 0.508 e. The smallest absolute Gasteiger partial charge is 0.207 e. The van der Waals surface area contributed by atoms with Gasteiger partial charge in [-0.15, -0.1) is 0 Å². The number of ether oxygens (including phenoxy) is 1. The molecule has 1 unspecified atom stereocenters. The number of phenols is 1. The SMILES string of the molecule is CC(C)(C)C1CCC(c2cc(CCC(CCNC=O)Oc3cc(Cl)cc(N4CCNCC4)c3)ccc2O)CC1. The number of hydrogen-bond donors (Lipinski definition) is 3. The average Bonchev–Trinajstić information content (AvgIpc) is 2.92. The van der Waals surface area contributed by atoms with Crippen molar-refractivity contribution < 1.29 is 14.6 Å². The molecule has 0 radical (unpaired) electrons. The monoisotopic (exact) mass is 555 g/mol. The predicted molar refractivity (Wildman–Crippen MR) is 160 cm³/mol. The van der Waals surface area contributed by atoms with Gasteiger partial charge in [-0.3, -0.25) is 4.79 Å². The molecule has 3 N–H and O–H groups in total. The molecule has 2 aliphatic rings. The van der Waals surface area contributed by atoms with E-state index in [1.165, 1.54) is 18.4 Å². The Hall–Kier alpha value is -2.44. The van der Waals surface area contributed by atoms with E-state index in [1.54, 1.807) is 0 Å². The van der Waals surface area contributed by atoms with Crippen LogP contribution in [0.15, 0.2) is 36.4 Å². The van der Waals surface area contributed by atoms with Gasteiger partial charge in [-0.05, 0) is 85.1 Å². The second kappa shape index (κ2) is 13.8. The molecule has 0 spiro atoms. The molecule has 0 bridgehead atoms. The highest BCUT2D eigenvalue weighted by molar-refractivity contribution is 6.31. The lowest BCUT2D eigenvalue weighted by Crippen LogP contribution is -2.43. The van der Waals surface area contributed by atoms with Crippen molar-refractivity contribution in [3.8, 4) is 11.5 Å². The number of anilines is 1. The third-order valence-corrected chi connectivity index (χ3v) is 8.79. The standard InChI is InChI=1S/C32H46ClN3O3/c1-32(2,3)25-8-6-24(7-9-25)30-18-23(5-11-31(30)38)4-10-28(12-13-35-22-37)39-29-20-26(33)19-27(21-29)36-16-14-34-15-17-36/h5,11,18-22,24-25,28,34,38H,4,6-10,12-17H2,1-3H3,(H,35,37). The number of nitrogens with one attached hydrogen (secondary N) is 2. The Morgan fingerprint density at radius 2 is 1.85 bits per heavy atom. The van der Waals surface area contributed by atoms with Gasteiger partial charge >= 0.3 is 0 Å². The van der Waals surface area contributed by atoms with Gasteiger partial charge in [0.2, 0.25) is 6.41 Å². The van der Waals surface area contributed by atoms with Gasteiger partial charge in [0.05, 0.1) is 0 Å². The van der Waals surface area contributed by atoms with Gasteiger partial charge in [-0.25, -0.2) is 0 Å². The molecule has 1 saturated carbocycles. The molecular formula is C32H46ClN3O3. The summed E-state index contributed by atoms with van der Waals surface area (Å²) in [5.41, 5.74) is 3.73. The molecule has 7 heteroatoms. The van der Waals surface area contributed by atoms with E-state index in [-0.39, 0.29) is 6.10 Å². The number of aryl methyl sites for hydroxylation is 1. The lowest BCUT2D eigenvalue weighted by molar-refractivity contribution is -0.109. The first-order valence-corrected chi connectivity index (χ1v) is 15.0. The van der Waals surface area contributed by atoms with Crippen molar-refractivity contribution in [1.82, 2.24) is 10.6 Å². The minimum Gasteiger partial charge on any atom is -0.508 e. The molecule has 0 aromatic heterocycles. The fourth-order valence-corrected chi connectivity index (χ4v) is 6.38. The Bertz CT molecular complexity index is 1070. The Morgan fingerprint density at radius 1 is 1.10 bits per heavy atom. The van der Waals surface area contributed by atoms with E-state index in [0.717, 1.165) is 81.2 Å². The lowest BCUT2D eigenvalue weighted by atomic mass is 9.68. The van der Waals surface area contributed by atoms with Crippen molar-refractivity contribution in [2.24, 2.45) is 11.3 Å². The fourth-order valence-electron chi connectivity index (χ4n) is 6.16. The van der Waals surface area contributed by atoms with E-state index >= 15 is 0 Å². The van der Waals surface area contributed by atoms with Crippen LogP contribution in [0.5, 0.6) is 11.5 Å². The third-order valence-electron chi connectivity index (χ3n) is 8.57. The topological polar surface area (TPSA) is 73.8 Å². The summed E-state index contributed by atoms with van der Waals surface area (Å²) in [6, 6.07) is 12.0. The van der Waals surface area contributed by atoms with E-state index in [2.05, 4.69) is 48.4 Å². The Labute approximate surface area is 239 Å². The van der Waals surface area contributed by atoms with Crippen LogP contribution < -0.4 is 20.3 Å². The maximum atomic E-state index is 10.9. The van der Waals surface area contributed by atoms with Crippen LogP contribution in [0.3, 0.4) is 0 Å². The van der Waals surface area contributed by atoms with E-state index in [0.29, 0.717) is 35.1 Å². The van der Waals surface area contributed by atoms with Gasteiger partial charge in [0.1, 0.15) is 17.6 Å². The fraction of sp³-hybridized carbons (Fsp3) is 0.594. The van der Waals surface area contributed by atoms with Gasteiger partial charge in [-0.1, -0.05) is 44.5 Å². The highest BCUT2D eigenvalue weighted by Gasteiger charge is 2.31. The van der Waals surface area contributed by atoms with Crippen LogP contribution in [0, 0.1) is 11.3 Å². The van der Waals surface area contributed by atoms with E-state index in [1.807, 2.05) is 24.3 Å². The zero-order chi connectivity index (χ0) is 27.8. The summed E-state index contributed by atoms with van der Waals surface area (Å²) in [5, 5.41) is 17.5. The summed E-state index contributed by atoms with van der Waals surface area (Å²) in [6.45, 7) is 11.4. The van der Waals surface area contributed by atoms with Gasteiger partial charge < -0.3 is 25.4 Å². The molecule has 1 atom stereocenters. The number of carbonyl (C=O) groups is 1. The van der Waals surface area contributed by atoms with Crippen molar-refractivity contribution in [1.29, 1.82) is 0 Å². The number of hydrogen-bond acceptors (Lipinski definition) is 5. The minimum atomic E-state index is -0.0775. The Morgan fingerprint density at radius 3 is 2.54 bits per heavy atom. The number of phenolic OH excluding ortho intramolecular Hbond substituents is 1. The molecule has 39 heavy (non-hydrogen) atoms. The van der Waals surface area contributed by atoms with Crippen molar-refractivity contribution in [3.05, 3.63) is 52.5 Å². The zero-order valence-corrected chi connectivity index (χ0v) is 24.6. The molecule has 2 aromatic rings. The number of amides is 1. The van der Waals surface area contributed by atoms with Gasteiger partial charge in [0.25, 0.3) is 0 Å². The number of halogens is 1. The first-order valence-electron chi connectivity index (χ1n) is 14.6. The zero-order valence-electron chi connectivity index (χ0n) is 23.8. The molecule has 4 rings (SSSR count). The number of nitrogens with zero attached hydrogens (tertiary/aromatic N) is 1. The average molecular weight is 556 g/mol. The maximum absolute atomic E-state index is 10.9. The van der Waals surface area contributed by atoms with Crippen molar-refractivity contribution in [3.63, 3.8) is 0 Å². The predicted octanol–water partition coefficient (Wildman–Crippen LogP) is 6.29. The second-order valence-electron chi connectivity index (χ2n) is 12.3. The summed E-state index contributed by atoms with van der Waals surface area (Å²) < 4.78 is 6.48. The van der Waals surface area contributed by atoms with Crippen LogP contribution in [-0.2, 0) is 11.2 Å². The number of rotatable bonds is 11. The molecule has 6 nitrogen and oxygen atoms in total. The van der Waals surface area contributed by atoms with E-state index < -0.39 is 0 Å². The molecule has 2 fully saturated rings. The molecule has 1 aliphatic heterocycles. The van der Waals surface area contributed by atoms with Gasteiger partial charge in [0.15, 0.2) is 0 Å². The van der Waals surface area contributed by atoms with Crippen LogP contribution in [0.4, 0.5) is 5.69 Å².